The average Bonchev–Trinajstić information content (AvgIpc) is 2.64. The highest BCUT2D eigenvalue weighted by molar-refractivity contribution is 7.13. The van der Waals surface area contributed by atoms with Crippen LogP contribution in [-0.2, 0) is 0 Å². The summed E-state index contributed by atoms with van der Waals surface area (Å²) in [6.07, 6.45) is 1.91. The Hall–Kier alpha value is -0.570. The maximum absolute atomic E-state index is 4.02. The average molecular weight is 186 g/mol. The first-order valence-corrected chi connectivity index (χ1v) is 5.39. The molecule has 1 rings (SSSR count). The highest BCUT2D eigenvalue weighted by atomic mass is 32.1. The normalized spacial score (nSPS) is 8.67. The van der Waals surface area contributed by atoms with E-state index in [9.17, 15) is 0 Å². The first-order chi connectivity index (χ1) is 5.88. The Kier molecular flexibility index (Phi) is 6.76. The fourth-order valence-electron chi connectivity index (χ4n) is 0.901. The molecule has 0 atom stereocenters. The van der Waals surface area contributed by atoms with Crippen LogP contribution in [0, 0.1) is 0 Å². The molecule has 0 unspecified atom stereocenters. The largest absolute Gasteiger partial charge is 0.363 e. The zero-order valence-electron chi connectivity index (χ0n) is 8.37. The lowest BCUT2D eigenvalue weighted by molar-refractivity contribution is 0.874. The molecule has 0 spiro atoms. The summed E-state index contributed by atoms with van der Waals surface area (Å²) in [5.74, 6) is 0. The summed E-state index contributed by atoms with van der Waals surface area (Å²) >= 11 is 1.69. The van der Waals surface area contributed by atoms with Crippen LogP contribution in [0.2, 0.25) is 0 Å². The first-order valence-electron chi connectivity index (χ1n) is 4.52. The lowest BCUT2D eigenvalue weighted by Crippen LogP contribution is -2.20. The Labute approximate surface area is 79.2 Å². The van der Waals surface area contributed by atoms with Crippen molar-refractivity contribution in [2.75, 3.05) is 18.0 Å². The van der Waals surface area contributed by atoms with Crippen molar-refractivity contribution < 1.29 is 0 Å². The summed E-state index contributed by atoms with van der Waals surface area (Å²) in [5.41, 5.74) is 1.87. The second-order valence-corrected chi connectivity index (χ2v) is 2.88. The molecule has 3 heteroatoms. The standard InChI is InChI=1S/C7H12N2S.C2H6/c1-3-9(4-2)7-5-8-6-10-7;1-2/h5-6H,3-4H2,1-2H3;1-2H3. The molecule has 1 aromatic rings. The zero-order valence-corrected chi connectivity index (χ0v) is 9.19. The van der Waals surface area contributed by atoms with E-state index in [0.717, 1.165) is 13.1 Å². The third-order valence-corrected chi connectivity index (χ3v) is 2.33. The van der Waals surface area contributed by atoms with Gasteiger partial charge < -0.3 is 4.90 Å². The van der Waals surface area contributed by atoms with E-state index in [1.54, 1.807) is 11.3 Å². The molecule has 0 saturated carbocycles. The molecule has 12 heavy (non-hydrogen) atoms. The third-order valence-electron chi connectivity index (χ3n) is 1.49. The molecule has 0 N–H and O–H groups in total. The van der Waals surface area contributed by atoms with Crippen LogP contribution in [0.3, 0.4) is 0 Å². The monoisotopic (exact) mass is 186 g/mol. The second-order valence-electron chi connectivity index (χ2n) is 2.01. The van der Waals surface area contributed by atoms with Crippen molar-refractivity contribution >= 4 is 16.3 Å². The van der Waals surface area contributed by atoms with Gasteiger partial charge in [-0.3, -0.25) is 4.98 Å². The predicted molar refractivity (Wildman–Crippen MR) is 57.0 cm³/mol. The molecule has 0 fully saturated rings. The fraction of sp³-hybridized carbons (Fsp3) is 0.667. The summed E-state index contributed by atoms with van der Waals surface area (Å²) in [5, 5.41) is 1.27. The Morgan fingerprint density at radius 3 is 2.25 bits per heavy atom. The fourth-order valence-corrected chi connectivity index (χ4v) is 1.66. The Balaban J connectivity index is 0.000000561. The Morgan fingerprint density at radius 2 is 1.92 bits per heavy atom. The first kappa shape index (κ1) is 11.4. The van der Waals surface area contributed by atoms with E-state index >= 15 is 0 Å². The maximum atomic E-state index is 4.02. The van der Waals surface area contributed by atoms with Gasteiger partial charge in [0, 0.05) is 13.1 Å². The maximum Gasteiger partial charge on any atom is 0.111 e. The number of hydrogen-bond donors (Lipinski definition) is 0. The molecular formula is C9H18N2S. The second kappa shape index (κ2) is 7.10. The predicted octanol–water partition coefficient (Wildman–Crippen LogP) is 3.02. The molecule has 2 nitrogen and oxygen atoms in total. The van der Waals surface area contributed by atoms with Crippen LogP contribution in [0.25, 0.3) is 0 Å². The highest BCUT2D eigenvalue weighted by Crippen LogP contribution is 2.17. The van der Waals surface area contributed by atoms with Crippen LogP contribution in [0.15, 0.2) is 11.7 Å². The van der Waals surface area contributed by atoms with E-state index < -0.39 is 0 Å². The topological polar surface area (TPSA) is 16.1 Å². The molecule has 0 aromatic carbocycles. The molecule has 0 aliphatic carbocycles. The van der Waals surface area contributed by atoms with Crippen molar-refractivity contribution in [3.8, 4) is 0 Å². The van der Waals surface area contributed by atoms with Crippen molar-refractivity contribution in [2.45, 2.75) is 27.7 Å². The van der Waals surface area contributed by atoms with Gasteiger partial charge in [-0.15, -0.1) is 11.3 Å². The highest BCUT2D eigenvalue weighted by Gasteiger charge is 2.00. The van der Waals surface area contributed by atoms with Crippen LogP contribution in [0.4, 0.5) is 5.00 Å². The van der Waals surface area contributed by atoms with E-state index in [4.69, 9.17) is 0 Å². The van der Waals surface area contributed by atoms with Crippen LogP contribution in [0.5, 0.6) is 0 Å². The number of nitrogens with zero attached hydrogens (tertiary/aromatic N) is 2. The molecule has 0 aliphatic rings. The molecule has 0 saturated heterocycles. The minimum Gasteiger partial charge on any atom is -0.363 e. The van der Waals surface area contributed by atoms with E-state index in [-0.39, 0.29) is 0 Å². The lowest BCUT2D eigenvalue weighted by Gasteiger charge is -2.16. The lowest BCUT2D eigenvalue weighted by atomic mass is 10.5. The van der Waals surface area contributed by atoms with E-state index in [2.05, 4.69) is 23.7 Å². The van der Waals surface area contributed by atoms with Gasteiger partial charge in [0.2, 0.25) is 0 Å². The van der Waals surface area contributed by atoms with Crippen LogP contribution >= 0.6 is 11.3 Å². The minimum atomic E-state index is 1.07. The van der Waals surface area contributed by atoms with Gasteiger partial charge in [-0.25, -0.2) is 0 Å². The Morgan fingerprint density at radius 1 is 1.33 bits per heavy atom. The summed E-state index contributed by atoms with van der Waals surface area (Å²) in [4.78, 5) is 6.31. The van der Waals surface area contributed by atoms with Gasteiger partial charge in [-0.2, -0.15) is 0 Å². The molecule has 0 bridgehead atoms. The van der Waals surface area contributed by atoms with Gasteiger partial charge in [0.25, 0.3) is 0 Å². The SMILES string of the molecule is CC.CCN(CC)c1cncs1. The van der Waals surface area contributed by atoms with Gasteiger partial charge in [-0.1, -0.05) is 13.8 Å². The number of rotatable bonds is 3. The van der Waals surface area contributed by atoms with E-state index in [0.29, 0.717) is 0 Å². The van der Waals surface area contributed by atoms with Crippen molar-refractivity contribution in [3.63, 3.8) is 0 Å². The van der Waals surface area contributed by atoms with Crippen molar-refractivity contribution in [3.05, 3.63) is 11.7 Å². The van der Waals surface area contributed by atoms with Crippen LogP contribution in [-0.4, -0.2) is 18.1 Å². The number of aromatic nitrogens is 1. The minimum absolute atomic E-state index is 1.07. The summed E-state index contributed by atoms with van der Waals surface area (Å²) < 4.78 is 0. The number of thiazole rings is 1. The molecule has 0 aliphatic heterocycles. The molecule has 1 heterocycles. The molecule has 70 valence electrons. The Bertz CT molecular complexity index is 169. The summed E-state index contributed by atoms with van der Waals surface area (Å²) in [6, 6.07) is 0. The molecule has 0 radical (unpaired) electrons. The van der Waals surface area contributed by atoms with Crippen LogP contribution < -0.4 is 4.90 Å². The van der Waals surface area contributed by atoms with E-state index in [1.807, 2.05) is 25.6 Å². The van der Waals surface area contributed by atoms with Gasteiger partial charge in [0.05, 0.1) is 11.7 Å². The summed E-state index contributed by atoms with van der Waals surface area (Å²) in [7, 11) is 0. The van der Waals surface area contributed by atoms with Crippen molar-refractivity contribution in [1.29, 1.82) is 0 Å². The quantitative estimate of drug-likeness (QED) is 0.721. The van der Waals surface area contributed by atoms with E-state index in [1.165, 1.54) is 5.00 Å². The van der Waals surface area contributed by atoms with Crippen molar-refractivity contribution in [1.82, 2.24) is 4.98 Å². The van der Waals surface area contributed by atoms with Gasteiger partial charge in [0.1, 0.15) is 5.00 Å². The van der Waals surface area contributed by atoms with Gasteiger partial charge in [-0.05, 0) is 13.8 Å². The smallest absolute Gasteiger partial charge is 0.111 e. The molecule has 0 amide bonds. The van der Waals surface area contributed by atoms with Gasteiger partial charge >= 0.3 is 0 Å². The number of hydrogen-bond acceptors (Lipinski definition) is 3. The number of anilines is 1. The third kappa shape index (κ3) is 3.22. The molecular weight excluding hydrogens is 168 g/mol. The summed E-state index contributed by atoms with van der Waals surface area (Å²) in [6.45, 7) is 10.4. The van der Waals surface area contributed by atoms with Crippen LogP contribution in [0.1, 0.15) is 27.7 Å². The molecule has 1 aromatic heterocycles. The van der Waals surface area contributed by atoms with Crippen molar-refractivity contribution in [2.24, 2.45) is 0 Å². The van der Waals surface area contributed by atoms with Gasteiger partial charge in [0.15, 0.2) is 0 Å². The zero-order chi connectivity index (χ0) is 9.40.